The maximum atomic E-state index is 13.0. The first-order valence-electron chi connectivity index (χ1n) is 33.1. The Balaban J connectivity index is 4.33. The molecule has 3 unspecified atom stereocenters. The summed E-state index contributed by atoms with van der Waals surface area (Å²) in [6.07, 6.45) is 101. The minimum atomic E-state index is -4.64. The summed E-state index contributed by atoms with van der Waals surface area (Å²) in [6.45, 7) is 4.46. The van der Waals surface area contributed by atoms with E-state index in [-0.39, 0.29) is 18.9 Å². The third-order valence-electron chi connectivity index (χ3n) is 13.6. The fourth-order valence-electron chi connectivity index (χ4n) is 8.46. The van der Waals surface area contributed by atoms with E-state index < -0.39 is 26.6 Å². The number of carbonyl (C=O) groups excluding carboxylic acids is 1. The monoisotopic (exact) mass is 1180 g/mol. The van der Waals surface area contributed by atoms with Crippen LogP contribution >= 0.6 is 7.82 Å². The van der Waals surface area contributed by atoms with Crippen LogP contribution in [0.1, 0.15) is 232 Å². The normalized spacial score (nSPS) is 14.9. The number of hydrogen-bond acceptors (Lipinski definition) is 6. The van der Waals surface area contributed by atoms with Gasteiger partial charge >= 0.3 is 0 Å². The number of nitrogens with one attached hydrogen (secondary N) is 1. The van der Waals surface area contributed by atoms with Crippen LogP contribution in [-0.4, -0.2) is 68.5 Å². The molecule has 2 N–H and O–H groups in total. The molecule has 9 heteroatoms. The van der Waals surface area contributed by atoms with Crippen molar-refractivity contribution in [3.8, 4) is 0 Å². The van der Waals surface area contributed by atoms with Crippen molar-refractivity contribution < 1.29 is 32.9 Å². The van der Waals surface area contributed by atoms with Gasteiger partial charge in [0.05, 0.1) is 39.9 Å². The third kappa shape index (κ3) is 65.1. The van der Waals surface area contributed by atoms with E-state index in [0.29, 0.717) is 23.9 Å². The summed E-state index contributed by atoms with van der Waals surface area (Å²) < 4.78 is 23.3. The first-order chi connectivity index (χ1) is 41.0. The molecule has 0 rings (SSSR count). The second-order valence-electron chi connectivity index (χ2n) is 22.7. The molecular weight excluding hydrogens is 1060 g/mol. The van der Waals surface area contributed by atoms with E-state index in [9.17, 15) is 19.4 Å². The van der Waals surface area contributed by atoms with Crippen LogP contribution in [0.25, 0.3) is 0 Å². The lowest BCUT2D eigenvalue weighted by atomic mass is 10.0. The molecule has 0 spiro atoms. The van der Waals surface area contributed by atoms with Gasteiger partial charge in [-0.3, -0.25) is 9.36 Å². The molecule has 0 aromatic heterocycles. The highest BCUT2D eigenvalue weighted by atomic mass is 31.2. The van der Waals surface area contributed by atoms with E-state index in [4.69, 9.17) is 9.05 Å². The molecule has 1 amide bonds. The van der Waals surface area contributed by atoms with Gasteiger partial charge in [-0.2, -0.15) is 0 Å². The number of nitrogens with zero attached hydrogens (tertiary/aromatic N) is 1. The molecule has 474 valence electrons. The Morgan fingerprint density at radius 2 is 0.738 bits per heavy atom. The molecule has 84 heavy (non-hydrogen) atoms. The fourth-order valence-corrected chi connectivity index (χ4v) is 9.18. The number of hydrogen-bond donors (Lipinski definition) is 2. The molecule has 0 aliphatic carbocycles. The van der Waals surface area contributed by atoms with Crippen molar-refractivity contribution in [1.82, 2.24) is 5.32 Å². The summed E-state index contributed by atoms with van der Waals surface area (Å²) >= 11 is 0. The van der Waals surface area contributed by atoms with Gasteiger partial charge in [-0.25, -0.2) is 0 Å². The SMILES string of the molecule is CC/C=C\C/C=C\C/C=C\C/C=C\C/C=C\C/C=C\C/C=C\C/C=C\C/C=C\C/C=C\C/C=C\C/C=C\CCCCC(=O)NC(COP(=O)([O-])OCC[N+](C)(C)C)C(O)/C=C/CC/C=C/CC/C=C/CCCCCCCCCCCCCCC. The van der Waals surface area contributed by atoms with Crippen LogP contribution in [0, 0.1) is 0 Å². The first kappa shape index (κ1) is 79.6. The van der Waals surface area contributed by atoms with Gasteiger partial charge in [0.1, 0.15) is 13.2 Å². The van der Waals surface area contributed by atoms with Crippen molar-refractivity contribution in [1.29, 1.82) is 0 Å². The molecule has 0 heterocycles. The lowest BCUT2D eigenvalue weighted by molar-refractivity contribution is -0.870. The van der Waals surface area contributed by atoms with Gasteiger partial charge < -0.3 is 28.8 Å². The zero-order valence-corrected chi connectivity index (χ0v) is 54.9. The van der Waals surface area contributed by atoms with Gasteiger partial charge in [0, 0.05) is 6.42 Å². The Morgan fingerprint density at radius 1 is 0.429 bits per heavy atom. The second kappa shape index (κ2) is 63.1. The van der Waals surface area contributed by atoms with E-state index in [1.54, 1.807) is 6.08 Å². The van der Waals surface area contributed by atoms with E-state index >= 15 is 0 Å². The number of carbonyl (C=O) groups is 1. The summed E-state index contributed by atoms with van der Waals surface area (Å²) in [4.78, 5) is 25.6. The van der Waals surface area contributed by atoms with E-state index in [1.165, 1.54) is 89.9 Å². The van der Waals surface area contributed by atoms with Crippen LogP contribution in [-0.2, 0) is 18.4 Å². The van der Waals surface area contributed by atoms with Crippen LogP contribution in [0.15, 0.2) is 182 Å². The maximum Gasteiger partial charge on any atom is 0.268 e. The van der Waals surface area contributed by atoms with Gasteiger partial charge in [-0.05, 0) is 135 Å². The van der Waals surface area contributed by atoms with Gasteiger partial charge in [0.25, 0.3) is 7.82 Å². The zero-order valence-electron chi connectivity index (χ0n) is 54.0. The average molecular weight is 1180 g/mol. The number of aliphatic hydroxyl groups is 1. The Kier molecular flexibility index (Phi) is 59.8. The van der Waals surface area contributed by atoms with Crippen molar-refractivity contribution in [3.63, 3.8) is 0 Å². The number of amides is 1. The Bertz CT molecular complexity index is 2020. The number of phosphoric ester groups is 1. The molecule has 0 radical (unpaired) electrons. The summed E-state index contributed by atoms with van der Waals surface area (Å²) in [5.74, 6) is -0.260. The minimum Gasteiger partial charge on any atom is -0.756 e. The van der Waals surface area contributed by atoms with E-state index in [0.717, 1.165) is 109 Å². The highest BCUT2D eigenvalue weighted by molar-refractivity contribution is 7.45. The van der Waals surface area contributed by atoms with E-state index in [2.05, 4.69) is 189 Å². The molecule has 0 bridgehead atoms. The number of likely N-dealkylation sites (N-methyl/N-ethyl adjacent to an activating group) is 1. The molecule has 0 aromatic carbocycles. The second-order valence-corrected chi connectivity index (χ2v) is 24.1. The van der Waals surface area contributed by atoms with Gasteiger partial charge in [-0.15, -0.1) is 0 Å². The predicted octanol–water partition coefficient (Wildman–Crippen LogP) is 20.7. The molecule has 8 nitrogen and oxygen atoms in total. The van der Waals surface area contributed by atoms with Crippen LogP contribution in [0.3, 0.4) is 0 Å². The molecule has 0 aromatic rings. The fraction of sp³-hybridized carbons (Fsp3) is 0.587. The number of aliphatic hydroxyl groups excluding tert-OH is 1. The largest absolute Gasteiger partial charge is 0.756 e. The van der Waals surface area contributed by atoms with Crippen molar-refractivity contribution in [2.45, 2.75) is 244 Å². The molecule has 0 saturated heterocycles. The topological polar surface area (TPSA) is 108 Å². The maximum absolute atomic E-state index is 13.0. The van der Waals surface area contributed by atoms with Gasteiger partial charge in [0.15, 0.2) is 0 Å². The van der Waals surface area contributed by atoms with Gasteiger partial charge in [0.2, 0.25) is 5.91 Å². The highest BCUT2D eigenvalue weighted by Gasteiger charge is 2.23. The van der Waals surface area contributed by atoms with Crippen molar-refractivity contribution in [3.05, 3.63) is 182 Å². The average Bonchev–Trinajstić information content (AvgIpc) is 3.56. The summed E-state index contributed by atoms with van der Waals surface area (Å²) in [5, 5.41) is 13.9. The summed E-state index contributed by atoms with van der Waals surface area (Å²) in [7, 11) is 1.18. The van der Waals surface area contributed by atoms with E-state index in [1.807, 2.05) is 27.2 Å². The summed E-state index contributed by atoms with van der Waals surface area (Å²) in [5.41, 5.74) is 0. The number of quaternary nitrogens is 1. The first-order valence-corrected chi connectivity index (χ1v) is 34.6. The molecule has 3 atom stereocenters. The molecule has 0 saturated carbocycles. The molecule has 0 aliphatic rings. The Morgan fingerprint density at radius 3 is 1.11 bits per heavy atom. The lowest BCUT2D eigenvalue weighted by Gasteiger charge is -2.29. The number of unbranched alkanes of at least 4 members (excludes halogenated alkanes) is 17. The molecular formula is C75H123N2O6P. The summed E-state index contributed by atoms with van der Waals surface area (Å²) in [6, 6.07) is -0.949. The smallest absolute Gasteiger partial charge is 0.268 e. The Labute approximate surface area is 516 Å². The molecule has 0 aliphatic heterocycles. The van der Waals surface area contributed by atoms with Crippen LogP contribution in [0.4, 0.5) is 0 Å². The molecule has 0 fully saturated rings. The van der Waals surface area contributed by atoms with Crippen molar-refractivity contribution >= 4 is 13.7 Å². The third-order valence-corrected chi connectivity index (χ3v) is 14.5. The quantitative estimate of drug-likeness (QED) is 0.0272. The van der Waals surface area contributed by atoms with Gasteiger partial charge in [-0.1, -0.05) is 273 Å². The minimum absolute atomic E-state index is 0.0278. The zero-order chi connectivity index (χ0) is 61.2. The number of allylic oxidation sites excluding steroid dienone is 29. The van der Waals surface area contributed by atoms with Crippen LogP contribution in [0.2, 0.25) is 0 Å². The van der Waals surface area contributed by atoms with Crippen LogP contribution < -0.4 is 10.2 Å². The van der Waals surface area contributed by atoms with Crippen molar-refractivity contribution in [2.75, 3.05) is 40.9 Å². The highest BCUT2D eigenvalue weighted by Crippen LogP contribution is 2.38. The number of rotatable bonds is 58. The Hall–Kier alpha value is -4.40. The van der Waals surface area contributed by atoms with Crippen molar-refractivity contribution in [2.24, 2.45) is 0 Å². The van der Waals surface area contributed by atoms with Crippen LogP contribution in [0.5, 0.6) is 0 Å². The standard InChI is InChI=1S/C75H123N2O6P/c1-6-8-10-12-14-16-18-20-22-24-26-28-30-31-32-33-34-35-36-37-38-39-40-41-42-43-44-45-47-49-51-53-55-57-59-61-63-65-67-69-75(79)76-73(72-83-84(80,81)82-71-70-77(3,4)5)74(78)68-66-64-62-60-58-56-54-52-50-48-46-29-27-25-23-21-19-17-15-13-11-9-7-2/h8,10,14,16,20,22,26,28,31-32,34-35,37-38,40-41,43-44,47,49-50,52-53,55,58-61,66,68,73-74,78H,6-7,9,11-13,15,17-19,21,23-25,27,29-30,33,36,39,42,45-46,48,51,54,56-57,62-65,67,69-72H2,1-5H3,(H-,76,79,80,81)/b10-8-,16-14-,22-20-,28-26-,32-31-,35-34-,38-37-,41-40-,44-43-,49-47-,52-50+,55-53-,60-58+,61-59-,68-66+. The predicted molar refractivity (Wildman–Crippen MR) is 366 cm³/mol. The lowest BCUT2D eigenvalue weighted by Crippen LogP contribution is -2.45. The number of phosphoric acid groups is 1.